The van der Waals surface area contributed by atoms with Gasteiger partial charge in [0.05, 0.1) is 19.8 Å². The molecule has 0 aliphatic rings. The van der Waals surface area contributed by atoms with Crippen LogP contribution in [0.1, 0.15) is 6.92 Å². The summed E-state index contributed by atoms with van der Waals surface area (Å²) in [5, 5.41) is 5.57. The van der Waals surface area contributed by atoms with E-state index in [-0.39, 0.29) is 23.1 Å². The molecule has 1 aromatic carbocycles. The lowest BCUT2D eigenvalue weighted by Crippen LogP contribution is -2.30. The van der Waals surface area contributed by atoms with E-state index >= 15 is 0 Å². The van der Waals surface area contributed by atoms with Gasteiger partial charge in [-0.05, 0) is 25.1 Å². The standard InChI is InChI=1S/C15H25N3O5S/c1-5-23-13-7-6-12(10-14(13)24(20,21)18(2)3)17-15(19)11-16-8-9-22-4/h6-7,10,16H,5,8-9,11H2,1-4H3,(H,17,19). The first-order chi connectivity index (χ1) is 11.3. The lowest BCUT2D eigenvalue weighted by atomic mass is 10.3. The molecule has 1 rings (SSSR count). The molecule has 0 radical (unpaired) electrons. The number of benzene rings is 1. The number of sulfonamides is 1. The van der Waals surface area contributed by atoms with Gasteiger partial charge in [0.1, 0.15) is 10.6 Å². The normalized spacial score (nSPS) is 11.5. The van der Waals surface area contributed by atoms with Gasteiger partial charge in [0.2, 0.25) is 15.9 Å². The molecule has 0 saturated carbocycles. The highest BCUT2D eigenvalue weighted by Gasteiger charge is 2.23. The Balaban J connectivity index is 2.93. The first kappa shape index (κ1) is 20.4. The van der Waals surface area contributed by atoms with Gasteiger partial charge in [0.25, 0.3) is 0 Å². The van der Waals surface area contributed by atoms with Gasteiger partial charge in [-0.1, -0.05) is 0 Å². The summed E-state index contributed by atoms with van der Waals surface area (Å²) in [7, 11) is 0.771. The summed E-state index contributed by atoms with van der Waals surface area (Å²) in [4.78, 5) is 11.9. The van der Waals surface area contributed by atoms with Gasteiger partial charge in [-0.25, -0.2) is 12.7 Å². The highest BCUT2D eigenvalue weighted by Crippen LogP contribution is 2.29. The van der Waals surface area contributed by atoms with Crippen molar-refractivity contribution in [2.45, 2.75) is 11.8 Å². The predicted molar refractivity (Wildman–Crippen MR) is 91.9 cm³/mol. The second kappa shape index (κ2) is 9.58. The molecule has 0 unspecified atom stereocenters. The van der Waals surface area contributed by atoms with Gasteiger partial charge < -0.3 is 20.1 Å². The van der Waals surface area contributed by atoms with Gasteiger partial charge in [-0.15, -0.1) is 0 Å². The number of amides is 1. The quantitative estimate of drug-likeness (QED) is 0.591. The smallest absolute Gasteiger partial charge is 0.246 e. The summed E-state index contributed by atoms with van der Waals surface area (Å²) in [6.45, 7) is 3.26. The van der Waals surface area contributed by atoms with E-state index in [2.05, 4.69) is 10.6 Å². The number of carbonyl (C=O) groups excluding carboxylic acids is 1. The lowest BCUT2D eigenvalue weighted by Gasteiger charge is -2.16. The fraction of sp³-hybridized carbons (Fsp3) is 0.533. The maximum absolute atomic E-state index is 12.4. The summed E-state index contributed by atoms with van der Waals surface area (Å²) in [5.74, 6) is -0.0223. The number of ether oxygens (including phenoxy) is 2. The summed E-state index contributed by atoms with van der Waals surface area (Å²) >= 11 is 0. The van der Waals surface area contributed by atoms with E-state index in [9.17, 15) is 13.2 Å². The van der Waals surface area contributed by atoms with Gasteiger partial charge in [0.15, 0.2) is 0 Å². The molecule has 0 atom stereocenters. The Kier molecular flexibility index (Phi) is 8.13. The molecule has 0 aliphatic heterocycles. The van der Waals surface area contributed by atoms with E-state index < -0.39 is 10.0 Å². The SMILES string of the molecule is CCOc1ccc(NC(=O)CNCCOC)cc1S(=O)(=O)N(C)C. The van der Waals surface area contributed by atoms with Crippen molar-refractivity contribution in [2.75, 3.05) is 52.8 Å². The largest absolute Gasteiger partial charge is 0.492 e. The van der Waals surface area contributed by atoms with Gasteiger partial charge >= 0.3 is 0 Å². The van der Waals surface area contributed by atoms with Crippen LogP contribution < -0.4 is 15.4 Å². The lowest BCUT2D eigenvalue weighted by molar-refractivity contribution is -0.115. The summed E-state index contributed by atoms with van der Waals surface area (Å²) in [5.41, 5.74) is 0.386. The van der Waals surface area contributed by atoms with E-state index in [4.69, 9.17) is 9.47 Å². The molecular weight excluding hydrogens is 334 g/mol. The van der Waals surface area contributed by atoms with Crippen molar-refractivity contribution in [1.82, 2.24) is 9.62 Å². The van der Waals surface area contributed by atoms with E-state index in [1.54, 1.807) is 20.1 Å². The monoisotopic (exact) mass is 359 g/mol. The van der Waals surface area contributed by atoms with Crippen molar-refractivity contribution in [1.29, 1.82) is 0 Å². The van der Waals surface area contributed by atoms with Crippen LogP contribution in [0.3, 0.4) is 0 Å². The fourth-order valence-electron chi connectivity index (χ4n) is 1.84. The number of carbonyl (C=O) groups is 1. The molecule has 2 N–H and O–H groups in total. The highest BCUT2D eigenvalue weighted by molar-refractivity contribution is 7.89. The second-order valence-electron chi connectivity index (χ2n) is 5.10. The minimum Gasteiger partial charge on any atom is -0.492 e. The van der Waals surface area contributed by atoms with Crippen LogP contribution >= 0.6 is 0 Å². The maximum atomic E-state index is 12.4. The van der Waals surface area contributed by atoms with Crippen LogP contribution in [-0.2, 0) is 19.6 Å². The first-order valence-electron chi connectivity index (χ1n) is 7.51. The van der Waals surface area contributed by atoms with Crippen LogP contribution in [0.2, 0.25) is 0 Å². The van der Waals surface area contributed by atoms with Crippen LogP contribution in [-0.4, -0.2) is 66.1 Å². The summed E-state index contributed by atoms with van der Waals surface area (Å²) in [6.07, 6.45) is 0. The zero-order chi connectivity index (χ0) is 18.2. The number of nitrogens with zero attached hydrogens (tertiary/aromatic N) is 1. The third-order valence-electron chi connectivity index (χ3n) is 3.05. The zero-order valence-electron chi connectivity index (χ0n) is 14.5. The molecule has 0 saturated heterocycles. The number of anilines is 1. The molecule has 0 spiro atoms. The Bertz CT molecular complexity index is 647. The van der Waals surface area contributed by atoms with E-state index in [1.165, 1.54) is 26.2 Å². The van der Waals surface area contributed by atoms with Crippen molar-refractivity contribution in [2.24, 2.45) is 0 Å². The first-order valence-corrected chi connectivity index (χ1v) is 8.95. The van der Waals surface area contributed by atoms with Crippen molar-refractivity contribution >= 4 is 21.6 Å². The number of nitrogens with one attached hydrogen (secondary N) is 2. The molecule has 1 amide bonds. The van der Waals surface area contributed by atoms with Crippen LogP contribution in [0.15, 0.2) is 23.1 Å². The van der Waals surface area contributed by atoms with Crippen molar-refractivity contribution in [3.8, 4) is 5.75 Å². The number of rotatable bonds is 10. The minimum absolute atomic E-state index is 0.0134. The zero-order valence-corrected chi connectivity index (χ0v) is 15.3. The number of hydrogen-bond acceptors (Lipinski definition) is 6. The molecule has 0 heterocycles. The molecule has 24 heavy (non-hydrogen) atoms. The Morgan fingerprint density at radius 1 is 1.29 bits per heavy atom. The van der Waals surface area contributed by atoms with Crippen molar-refractivity contribution in [3.05, 3.63) is 18.2 Å². The summed E-state index contributed by atoms with van der Waals surface area (Å²) < 4.78 is 36.2. The Morgan fingerprint density at radius 3 is 2.58 bits per heavy atom. The van der Waals surface area contributed by atoms with E-state index in [0.29, 0.717) is 25.4 Å². The maximum Gasteiger partial charge on any atom is 0.246 e. The van der Waals surface area contributed by atoms with Gasteiger partial charge in [-0.2, -0.15) is 0 Å². The van der Waals surface area contributed by atoms with E-state index in [1.807, 2.05) is 0 Å². The third kappa shape index (κ3) is 5.75. The average molecular weight is 359 g/mol. The molecule has 9 heteroatoms. The second-order valence-corrected chi connectivity index (χ2v) is 7.22. The van der Waals surface area contributed by atoms with Gasteiger partial charge in [0, 0.05) is 33.4 Å². The Hall–Kier alpha value is -1.68. The molecule has 0 bridgehead atoms. The van der Waals surface area contributed by atoms with Crippen molar-refractivity contribution in [3.63, 3.8) is 0 Å². The van der Waals surface area contributed by atoms with Crippen LogP contribution in [0.4, 0.5) is 5.69 Å². The Morgan fingerprint density at radius 2 is 2.00 bits per heavy atom. The topological polar surface area (TPSA) is 97.0 Å². The number of methoxy groups -OCH3 is 1. The molecular formula is C15H25N3O5S. The highest BCUT2D eigenvalue weighted by atomic mass is 32.2. The summed E-state index contributed by atoms with van der Waals surface area (Å²) in [6, 6.07) is 4.54. The van der Waals surface area contributed by atoms with E-state index in [0.717, 1.165) is 4.31 Å². The van der Waals surface area contributed by atoms with Gasteiger partial charge in [-0.3, -0.25) is 4.79 Å². The molecule has 8 nitrogen and oxygen atoms in total. The molecule has 1 aromatic rings. The average Bonchev–Trinajstić information content (AvgIpc) is 2.53. The molecule has 0 fully saturated rings. The van der Waals surface area contributed by atoms with Crippen LogP contribution in [0.5, 0.6) is 5.75 Å². The minimum atomic E-state index is -3.69. The van der Waals surface area contributed by atoms with Crippen LogP contribution in [0, 0.1) is 0 Å². The Labute approximate surface area is 143 Å². The van der Waals surface area contributed by atoms with Crippen molar-refractivity contribution < 1.29 is 22.7 Å². The number of hydrogen-bond donors (Lipinski definition) is 2. The van der Waals surface area contributed by atoms with Crippen LogP contribution in [0.25, 0.3) is 0 Å². The predicted octanol–water partition coefficient (Wildman–Crippen LogP) is 0.510. The fourth-order valence-corrected chi connectivity index (χ4v) is 2.89. The third-order valence-corrected chi connectivity index (χ3v) is 4.89. The molecule has 0 aromatic heterocycles. The molecule has 0 aliphatic carbocycles. The molecule has 136 valence electrons.